The average molecular weight is 297 g/mol. The van der Waals surface area contributed by atoms with E-state index in [1.54, 1.807) is 6.20 Å². The van der Waals surface area contributed by atoms with E-state index in [1.165, 1.54) is 16.7 Å². The van der Waals surface area contributed by atoms with E-state index in [9.17, 15) is 0 Å². The fourth-order valence-electron chi connectivity index (χ4n) is 2.52. The van der Waals surface area contributed by atoms with Crippen molar-refractivity contribution in [2.75, 3.05) is 5.32 Å². The minimum Gasteiger partial charge on any atom is -0.379 e. The quantitative estimate of drug-likeness (QED) is 0.726. The van der Waals surface area contributed by atoms with Gasteiger partial charge in [-0.25, -0.2) is 0 Å². The van der Waals surface area contributed by atoms with Crippen LogP contribution < -0.4 is 5.32 Å². The molecule has 2 aromatic carbocycles. The molecule has 0 amide bonds. The Morgan fingerprint density at radius 2 is 1.95 bits per heavy atom. The predicted octanol–water partition coefficient (Wildman–Crippen LogP) is 5.12. The number of hydrogen-bond donors (Lipinski definition) is 1. The molecular weight excluding hydrogens is 280 g/mol. The lowest BCUT2D eigenvalue weighted by molar-refractivity contribution is 1.11. The molecule has 0 aliphatic carbocycles. The first kappa shape index (κ1) is 13.9. The Morgan fingerprint density at radius 3 is 2.76 bits per heavy atom. The molecule has 3 aromatic rings. The monoisotopic (exact) mass is 296 g/mol. The maximum atomic E-state index is 6.22. The molecule has 21 heavy (non-hydrogen) atoms. The van der Waals surface area contributed by atoms with Gasteiger partial charge in [0.05, 0.1) is 16.2 Å². The van der Waals surface area contributed by atoms with Crippen LogP contribution in [0.1, 0.15) is 16.7 Å². The number of hydrogen-bond acceptors (Lipinski definition) is 2. The molecule has 0 saturated heterocycles. The molecule has 0 saturated carbocycles. The zero-order chi connectivity index (χ0) is 14.8. The maximum Gasteiger partial charge on any atom is 0.0948 e. The molecule has 0 fully saturated rings. The molecule has 1 N–H and O–H groups in total. The molecule has 0 aliphatic rings. The van der Waals surface area contributed by atoms with Gasteiger partial charge in [-0.05, 0) is 49.2 Å². The predicted molar refractivity (Wildman–Crippen MR) is 90.0 cm³/mol. The number of nitrogens with one attached hydrogen (secondary N) is 1. The third-order valence-corrected chi connectivity index (χ3v) is 4.01. The third-order valence-electron chi connectivity index (χ3n) is 3.68. The van der Waals surface area contributed by atoms with Crippen LogP contribution in [0.15, 0.2) is 48.7 Å². The molecule has 1 heterocycles. The van der Waals surface area contributed by atoms with Gasteiger partial charge in [0.25, 0.3) is 0 Å². The fourth-order valence-corrected chi connectivity index (χ4v) is 2.73. The van der Waals surface area contributed by atoms with Gasteiger partial charge in [-0.15, -0.1) is 0 Å². The van der Waals surface area contributed by atoms with E-state index in [1.807, 2.05) is 24.3 Å². The summed E-state index contributed by atoms with van der Waals surface area (Å²) in [6, 6.07) is 14.3. The summed E-state index contributed by atoms with van der Waals surface area (Å²) in [6.07, 6.45) is 1.79. The van der Waals surface area contributed by atoms with Crippen LogP contribution in [0.4, 0.5) is 5.69 Å². The summed E-state index contributed by atoms with van der Waals surface area (Å²) in [7, 11) is 0. The molecule has 0 unspecified atom stereocenters. The lowest BCUT2D eigenvalue weighted by Crippen LogP contribution is -2.02. The van der Waals surface area contributed by atoms with Crippen LogP contribution in [0, 0.1) is 13.8 Å². The molecule has 3 rings (SSSR count). The first-order chi connectivity index (χ1) is 10.1. The Morgan fingerprint density at radius 1 is 1.10 bits per heavy atom. The molecule has 0 radical (unpaired) electrons. The number of aryl methyl sites for hydroxylation is 2. The molecule has 0 atom stereocenters. The molecule has 0 spiro atoms. The van der Waals surface area contributed by atoms with Crippen molar-refractivity contribution in [1.82, 2.24) is 4.98 Å². The average Bonchev–Trinajstić information content (AvgIpc) is 2.48. The van der Waals surface area contributed by atoms with Crippen LogP contribution in [0.5, 0.6) is 0 Å². The standard InChI is InChI=1S/C18H17ClN2/c1-12-5-6-14(13(2)10-12)11-21-17-8-7-16(19)15-4-3-9-20-18(15)17/h3-10,21H,11H2,1-2H3. The second-order valence-electron chi connectivity index (χ2n) is 5.28. The van der Waals surface area contributed by atoms with Gasteiger partial charge in [-0.1, -0.05) is 35.4 Å². The van der Waals surface area contributed by atoms with E-state index >= 15 is 0 Å². The highest BCUT2D eigenvalue weighted by Gasteiger charge is 2.06. The van der Waals surface area contributed by atoms with Crippen LogP contribution in [-0.2, 0) is 6.54 Å². The first-order valence-corrected chi connectivity index (χ1v) is 7.36. The molecular formula is C18H17ClN2. The van der Waals surface area contributed by atoms with E-state index in [0.29, 0.717) is 0 Å². The number of aromatic nitrogens is 1. The van der Waals surface area contributed by atoms with Crippen molar-refractivity contribution in [3.63, 3.8) is 0 Å². The Labute approximate surface area is 129 Å². The second-order valence-corrected chi connectivity index (χ2v) is 5.69. The summed E-state index contributed by atoms with van der Waals surface area (Å²) in [5, 5.41) is 5.18. The highest BCUT2D eigenvalue weighted by Crippen LogP contribution is 2.28. The number of fused-ring (bicyclic) bond motifs is 1. The normalized spacial score (nSPS) is 10.8. The topological polar surface area (TPSA) is 24.9 Å². The lowest BCUT2D eigenvalue weighted by atomic mass is 10.1. The van der Waals surface area contributed by atoms with Gasteiger partial charge in [0, 0.05) is 18.1 Å². The minimum absolute atomic E-state index is 0.732. The SMILES string of the molecule is Cc1ccc(CNc2ccc(Cl)c3cccnc23)c(C)c1. The summed E-state index contributed by atoms with van der Waals surface area (Å²) in [5.74, 6) is 0. The second kappa shape index (κ2) is 5.74. The molecule has 2 nitrogen and oxygen atoms in total. The van der Waals surface area contributed by atoms with Crippen molar-refractivity contribution in [2.45, 2.75) is 20.4 Å². The summed E-state index contributed by atoms with van der Waals surface area (Å²) < 4.78 is 0. The zero-order valence-electron chi connectivity index (χ0n) is 12.2. The van der Waals surface area contributed by atoms with Crippen LogP contribution in [0.2, 0.25) is 5.02 Å². The molecule has 0 bridgehead atoms. The number of rotatable bonds is 3. The van der Waals surface area contributed by atoms with Gasteiger partial charge >= 0.3 is 0 Å². The zero-order valence-corrected chi connectivity index (χ0v) is 12.9. The Balaban J connectivity index is 1.90. The van der Waals surface area contributed by atoms with Crippen LogP contribution in [-0.4, -0.2) is 4.98 Å². The Bertz CT molecular complexity index is 796. The number of pyridine rings is 1. The van der Waals surface area contributed by atoms with E-state index in [-0.39, 0.29) is 0 Å². The Hall–Kier alpha value is -2.06. The molecule has 3 heteroatoms. The van der Waals surface area contributed by atoms with Crippen molar-refractivity contribution in [2.24, 2.45) is 0 Å². The summed E-state index contributed by atoms with van der Waals surface area (Å²) >= 11 is 6.22. The van der Waals surface area contributed by atoms with Crippen molar-refractivity contribution < 1.29 is 0 Å². The van der Waals surface area contributed by atoms with E-state index in [0.717, 1.165) is 28.2 Å². The number of halogens is 1. The van der Waals surface area contributed by atoms with Crippen LogP contribution >= 0.6 is 11.6 Å². The number of nitrogens with zero attached hydrogens (tertiary/aromatic N) is 1. The summed E-state index contributed by atoms with van der Waals surface area (Å²) in [5.41, 5.74) is 5.80. The fraction of sp³-hybridized carbons (Fsp3) is 0.167. The molecule has 1 aromatic heterocycles. The summed E-state index contributed by atoms with van der Waals surface area (Å²) in [4.78, 5) is 4.44. The molecule has 106 valence electrons. The van der Waals surface area contributed by atoms with Gasteiger partial charge in [-0.3, -0.25) is 4.98 Å². The van der Waals surface area contributed by atoms with Gasteiger partial charge < -0.3 is 5.32 Å². The van der Waals surface area contributed by atoms with Crippen molar-refractivity contribution in [3.8, 4) is 0 Å². The smallest absolute Gasteiger partial charge is 0.0948 e. The van der Waals surface area contributed by atoms with Gasteiger partial charge in [0.2, 0.25) is 0 Å². The van der Waals surface area contributed by atoms with Crippen molar-refractivity contribution >= 4 is 28.2 Å². The molecule has 0 aliphatic heterocycles. The Kier molecular flexibility index (Phi) is 3.80. The van der Waals surface area contributed by atoms with Crippen LogP contribution in [0.3, 0.4) is 0 Å². The van der Waals surface area contributed by atoms with E-state index in [2.05, 4.69) is 42.3 Å². The largest absolute Gasteiger partial charge is 0.379 e. The number of anilines is 1. The highest BCUT2D eigenvalue weighted by molar-refractivity contribution is 6.35. The van der Waals surface area contributed by atoms with Crippen LogP contribution in [0.25, 0.3) is 10.9 Å². The van der Waals surface area contributed by atoms with Gasteiger partial charge in [-0.2, -0.15) is 0 Å². The van der Waals surface area contributed by atoms with E-state index in [4.69, 9.17) is 11.6 Å². The van der Waals surface area contributed by atoms with Gasteiger partial charge in [0.1, 0.15) is 0 Å². The number of benzene rings is 2. The maximum absolute atomic E-state index is 6.22. The third kappa shape index (κ3) is 2.86. The lowest BCUT2D eigenvalue weighted by Gasteiger charge is -2.12. The van der Waals surface area contributed by atoms with E-state index < -0.39 is 0 Å². The van der Waals surface area contributed by atoms with Gasteiger partial charge in [0.15, 0.2) is 0 Å². The summed E-state index contributed by atoms with van der Waals surface area (Å²) in [6.45, 7) is 5.03. The highest BCUT2D eigenvalue weighted by atomic mass is 35.5. The van der Waals surface area contributed by atoms with Crippen molar-refractivity contribution in [1.29, 1.82) is 0 Å². The van der Waals surface area contributed by atoms with Crippen molar-refractivity contribution in [3.05, 3.63) is 70.4 Å². The minimum atomic E-state index is 0.732. The first-order valence-electron chi connectivity index (χ1n) is 6.98.